The second-order valence-corrected chi connectivity index (χ2v) is 8.47. The number of aromatic amines is 1. The number of aromatic nitrogens is 4. The van der Waals surface area contributed by atoms with Crippen molar-refractivity contribution in [3.05, 3.63) is 60.7 Å². The summed E-state index contributed by atoms with van der Waals surface area (Å²) in [6.07, 6.45) is 4.26. The summed E-state index contributed by atoms with van der Waals surface area (Å²) >= 11 is 0. The fourth-order valence-corrected chi connectivity index (χ4v) is 4.36. The Kier molecular flexibility index (Phi) is 5.75. The fraction of sp³-hybridized carbons (Fsp3) is 0.280. The molecule has 1 atom stereocenters. The number of aryl methyl sites for hydroxylation is 1. The molecule has 1 aromatic carbocycles. The van der Waals surface area contributed by atoms with Crippen LogP contribution in [0.4, 0.5) is 5.69 Å². The molecule has 3 N–H and O–H groups in total. The molecule has 0 radical (unpaired) electrons. The van der Waals surface area contributed by atoms with E-state index in [1.165, 1.54) is 0 Å². The zero-order valence-corrected chi connectivity index (χ0v) is 18.5. The second kappa shape index (κ2) is 8.99. The first-order valence-corrected chi connectivity index (χ1v) is 11.1. The third-order valence-corrected chi connectivity index (χ3v) is 6.12. The summed E-state index contributed by atoms with van der Waals surface area (Å²) in [6, 6.07) is 14.2. The van der Waals surface area contributed by atoms with Crippen LogP contribution < -0.4 is 5.32 Å². The minimum atomic E-state index is -0.696. The average Bonchev–Trinajstić information content (AvgIpc) is 3.49. The van der Waals surface area contributed by atoms with E-state index in [0.717, 1.165) is 71.0 Å². The summed E-state index contributed by atoms with van der Waals surface area (Å²) in [4.78, 5) is 30.3. The lowest BCUT2D eigenvalue weighted by Crippen LogP contribution is -2.28. The summed E-state index contributed by atoms with van der Waals surface area (Å²) in [7, 11) is 0. The van der Waals surface area contributed by atoms with Gasteiger partial charge >= 0.3 is 5.97 Å². The van der Waals surface area contributed by atoms with E-state index in [9.17, 15) is 4.79 Å². The number of benzene rings is 1. The smallest absolute Gasteiger partial charge is 0.307 e. The number of rotatable bonds is 7. The van der Waals surface area contributed by atoms with Gasteiger partial charge in [-0.2, -0.15) is 0 Å². The van der Waals surface area contributed by atoms with Gasteiger partial charge in [0.1, 0.15) is 0 Å². The Morgan fingerprint density at radius 1 is 1.24 bits per heavy atom. The zero-order chi connectivity index (χ0) is 22.8. The van der Waals surface area contributed by atoms with Crippen molar-refractivity contribution >= 4 is 22.6 Å². The molecule has 8 nitrogen and oxygen atoms in total. The quantitative estimate of drug-likeness (QED) is 0.399. The van der Waals surface area contributed by atoms with Crippen molar-refractivity contribution in [2.45, 2.75) is 13.3 Å². The molecule has 4 aromatic rings. The van der Waals surface area contributed by atoms with Gasteiger partial charge in [-0.15, -0.1) is 0 Å². The van der Waals surface area contributed by atoms with E-state index in [1.54, 1.807) is 6.33 Å². The first-order valence-electron chi connectivity index (χ1n) is 11.1. The van der Waals surface area contributed by atoms with Gasteiger partial charge in [0, 0.05) is 36.3 Å². The number of likely N-dealkylation sites (tertiary alicyclic amines) is 1. The molecule has 1 aliphatic heterocycles. The van der Waals surface area contributed by atoms with Crippen molar-refractivity contribution in [1.82, 2.24) is 24.8 Å². The highest BCUT2D eigenvalue weighted by atomic mass is 16.4. The van der Waals surface area contributed by atoms with Crippen LogP contribution in [-0.4, -0.2) is 62.1 Å². The zero-order valence-electron chi connectivity index (χ0n) is 18.5. The molecule has 0 spiro atoms. The SMILES string of the molecule is Cc1cccc(-c2[nH]cnc2-c2ccc3ncc(NCCN4CC[C@@H](C(=O)O)C4)cc3c2)n1. The Bertz CT molecular complexity index is 1300. The normalized spacial score (nSPS) is 16.3. The summed E-state index contributed by atoms with van der Waals surface area (Å²) < 4.78 is 0. The highest BCUT2D eigenvalue weighted by Gasteiger charge is 2.27. The van der Waals surface area contributed by atoms with Crippen molar-refractivity contribution in [2.75, 3.05) is 31.5 Å². The minimum absolute atomic E-state index is 0.243. The van der Waals surface area contributed by atoms with Crippen molar-refractivity contribution in [3.8, 4) is 22.6 Å². The van der Waals surface area contributed by atoms with E-state index in [1.807, 2.05) is 43.5 Å². The number of hydrogen-bond acceptors (Lipinski definition) is 6. The van der Waals surface area contributed by atoms with Crippen LogP contribution in [0.15, 0.2) is 55.0 Å². The number of carboxylic acids is 1. The number of fused-ring (bicyclic) bond motifs is 1. The van der Waals surface area contributed by atoms with E-state index in [-0.39, 0.29) is 5.92 Å². The molecule has 0 amide bonds. The number of pyridine rings is 2. The van der Waals surface area contributed by atoms with Gasteiger partial charge in [-0.3, -0.25) is 14.8 Å². The summed E-state index contributed by atoms with van der Waals surface area (Å²) in [5.74, 6) is -0.939. The molecule has 5 rings (SSSR count). The van der Waals surface area contributed by atoms with Crippen LogP contribution >= 0.6 is 0 Å². The van der Waals surface area contributed by atoms with Gasteiger partial charge in [-0.25, -0.2) is 4.98 Å². The van der Waals surface area contributed by atoms with Crippen LogP contribution in [0.25, 0.3) is 33.5 Å². The third kappa shape index (κ3) is 4.56. The highest BCUT2D eigenvalue weighted by Crippen LogP contribution is 2.30. The Hall–Kier alpha value is -3.78. The number of nitrogens with zero attached hydrogens (tertiary/aromatic N) is 4. The molecular formula is C25H26N6O2. The van der Waals surface area contributed by atoms with E-state index in [2.05, 4.69) is 42.3 Å². The van der Waals surface area contributed by atoms with Gasteiger partial charge in [0.2, 0.25) is 0 Å². The summed E-state index contributed by atoms with van der Waals surface area (Å²) in [5.41, 5.74) is 6.43. The van der Waals surface area contributed by atoms with Gasteiger partial charge in [-0.05, 0) is 50.2 Å². The number of anilines is 1. The molecule has 168 valence electrons. The number of aliphatic carboxylic acids is 1. The maximum absolute atomic E-state index is 11.1. The molecule has 0 saturated carbocycles. The van der Waals surface area contributed by atoms with E-state index in [4.69, 9.17) is 5.11 Å². The van der Waals surface area contributed by atoms with Gasteiger partial charge in [0.25, 0.3) is 0 Å². The first kappa shape index (κ1) is 21.1. The van der Waals surface area contributed by atoms with E-state index in [0.29, 0.717) is 6.54 Å². The van der Waals surface area contributed by atoms with Crippen LogP contribution in [-0.2, 0) is 4.79 Å². The molecule has 4 heterocycles. The number of imidazole rings is 1. The predicted molar refractivity (Wildman–Crippen MR) is 128 cm³/mol. The van der Waals surface area contributed by atoms with E-state index < -0.39 is 5.97 Å². The van der Waals surface area contributed by atoms with Gasteiger partial charge in [0.15, 0.2) is 0 Å². The Morgan fingerprint density at radius 2 is 2.15 bits per heavy atom. The second-order valence-electron chi connectivity index (χ2n) is 8.47. The maximum Gasteiger partial charge on any atom is 0.307 e. The number of H-pyrrole nitrogens is 1. The van der Waals surface area contributed by atoms with Crippen molar-refractivity contribution < 1.29 is 9.90 Å². The highest BCUT2D eigenvalue weighted by molar-refractivity contribution is 5.88. The van der Waals surface area contributed by atoms with Crippen molar-refractivity contribution in [1.29, 1.82) is 0 Å². The van der Waals surface area contributed by atoms with Gasteiger partial charge < -0.3 is 20.3 Å². The minimum Gasteiger partial charge on any atom is -0.481 e. The maximum atomic E-state index is 11.1. The van der Waals surface area contributed by atoms with Crippen LogP contribution in [0.5, 0.6) is 0 Å². The molecule has 0 aliphatic carbocycles. The largest absolute Gasteiger partial charge is 0.481 e. The Balaban J connectivity index is 1.32. The molecule has 3 aromatic heterocycles. The molecular weight excluding hydrogens is 416 g/mol. The molecule has 33 heavy (non-hydrogen) atoms. The van der Waals surface area contributed by atoms with Crippen LogP contribution in [0.1, 0.15) is 12.1 Å². The topological polar surface area (TPSA) is 107 Å². The molecule has 1 fully saturated rings. The fourth-order valence-electron chi connectivity index (χ4n) is 4.36. The number of carbonyl (C=O) groups is 1. The van der Waals surface area contributed by atoms with Crippen LogP contribution in [0.2, 0.25) is 0 Å². The van der Waals surface area contributed by atoms with Crippen molar-refractivity contribution in [3.63, 3.8) is 0 Å². The standard InChI is InChI=1S/C25H26N6O2/c1-16-3-2-4-22(30-16)24-23(28-15-29-24)17-5-6-21-19(11-17)12-20(13-27-21)26-8-10-31-9-7-18(14-31)25(32)33/h2-6,11-13,15,18,26H,7-10,14H2,1H3,(H,28,29)(H,32,33)/t18-/m1/s1. The Morgan fingerprint density at radius 3 is 2.97 bits per heavy atom. The van der Waals surface area contributed by atoms with Crippen LogP contribution in [0.3, 0.4) is 0 Å². The molecule has 1 aliphatic rings. The average molecular weight is 443 g/mol. The molecule has 0 unspecified atom stereocenters. The monoisotopic (exact) mass is 442 g/mol. The Labute approximate surface area is 191 Å². The van der Waals surface area contributed by atoms with Crippen LogP contribution in [0, 0.1) is 12.8 Å². The lowest BCUT2D eigenvalue weighted by Gasteiger charge is -2.16. The number of hydrogen-bond donors (Lipinski definition) is 3. The van der Waals surface area contributed by atoms with E-state index >= 15 is 0 Å². The van der Waals surface area contributed by atoms with Gasteiger partial charge in [0.05, 0.1) is 46.7 Å². The lowest BCUT2D eigenvalue weighted by molar-refractivity contribution is -0.141. The lowest BCUT2D eigenvalue weighted by atomic mass is 10.0. The molecule has 8 heteroatoms. The van der Waals surface area contributed by atoms with Gasteiger partial charge in [-0.1, -0.05) is 12.1 Å². The third-order valence-electron chi connectivity index (χ3n) is 6.12. The van der Waals surface area contributed by atoms with Crippen molar-refractivity contribution in [2.24, 2.45) is 5.92 Å². The number of nitrogens with one attached hydrogen (secondary N) is 2. The molecule has 1 saturated heterocycles. The predicted octanol–water partition coefficient (Wildman–Crippen LogP) is 3.81. The molecule has 0 bridgehead atoms. The first-order chi connectivity index (χ1) is 16.1. The summed E-state index contributed by atoms with van der Waals surface area (Å²) in [5, 5.41) is 13.6. The summed E-state index contributed by atoms with van der Waals surface area (Å²) in [6.45, 7) is 4.98. The number of carboxylic acid groups (broad SMARTS) is 1.